The van der Waals surface area contributed by atoms with E-state index in [1.54, 1.807) is 20.9 Å². The number of carbonyl (C=O) groups excluding carboxylic acids is 3. The van der Waals surface area contributed by atoms with Crippen LogP contribution in [0.5, 0.6) is 0 Å². The van der Waals surface area contributed by atoms with Crippen LogP contribution in [0.25, 0.3) is 0 Å². The summed E-state index contributed by atoms with van der Waals surface area (Å²) in [4.78, 5) is 42.7. The number of fused-ring (bicyclic) bond motifs is 2. The van der Waals surface area contributed by atoms with Gasteiger partial charge in [-0.2, -0.15) is 5.10 Å². The maximum absolute atomic E-state index is 13.4. The van der Waals surface area contributed by atoms with E-state index in [4.69, 9.17) is 11.6 Å². The number of anilines is 2. The average Bonchev–Trinajstić information content (AvgIpc) is 3.32. The van der Waals surface area contributed by atoms with Gasteiger partial charge in [-0.15, -0.1) is 0 Å². The second-order valence-corrected chi connectivity index (χ2v) is 8.82. The number of piperazine rings is 1. The highest BCUT2D eigenvalue weighted by atomic mass is 35.5. The van der Waals surface area contributed by atoms with Crippen molar-refractivity contribution in [2.75, 3.05) is 23.3 Å². The average molecular weight is 461 g/mol. The van der Waals surface area contributed by atoms with Gasteiger partial charge in [-0.3, -0.25) is 14.3 Å². The predicted octanol–water partition coefficient (Wildman–Crippen LogP) is 2.45. The van der Waals surface area contributed by atoms with Crippen LogP contribution in [-0.4, -0.2) is 62.6 Å². The molecule has 0 saturated carbocycles. The largest absolute Gasteiger partial charge is 0.329 e. The van der Waals surface area contributed by atoms with Crippen LogP contribution in [0.4, 0.5) is 20.6 Å². The highest BCUT2D eigenvalue weighted by Gasteiger charge is 2.41. The Morgan fingerprint density at radius 2 is 2.03 bits per heavy atom. The Morgan fingerprint density at radius 1 is 1.22 bits per heavy atom. The van der Waals surface area contributed by atoms with Crippen LogP contribution in [-0.2, 0) is 22.7 Å². The van der Waals surface area contributed by atoms with E-state index in [0.717, 1.165) is 12.1 Å². The lowest BCUT2D eigenvalue weighted by Gasteiger charge is -2.38. The Morgan fingerprint density at radius 3 is 2.81 bits per heavy atom. The molecular weight excluding hydrogens is 439 g/mol. The van der Waals surface area contributed by atoms with E-state index in [-0.39, 0.29) is 48.0 Å². The number of aromatic nitrogens is 2. The number of hydrogen-bond acceptors (Lipinski definition) is 4. The van der Waals surface area contributed by atoms with E-state index < -0.39 is 5.82 Å². The van der Waals surface area contributed by atoms with Crippen molar-refractivity contribution in [1.82, 2.24) is 19.6 Å². The van der Waals surface area contributed by atoms with Gasteiger partial charge >= 0.3 is 6.03 Å². The standard InChI is InChI=1S/C21H22ClFN6O3/c1-12-8-29-18(10-26(12)21(32)25-13-2-4-16(23)15(22)6-13)17(7-24-29)28-9-14-3-5-19(30)27(14)11-20(28)31/h2,4,6-7,12,14H,3,5,8-11H2,1H3,(H,25,32)/t12-,14?/m0/s1. The lowest BCUT2D eigenvalue weighted by atomic mass is 10.1. The van der Waals surface area contributed by atoms with Crippen molar-refractivity contribution in [3.8, 4) is 0 Å². The summed E-state index contributed by atoms with van der Waals surface area (Å²) in [5.74, 6) is -0.682. The van der Waals surface area contributed by atoms with Crippen LogP contribution < -0.4 is 10.2 Å². The van der Waals surface area contributed by atoms with Crippen molar-refractivity contribution in [2.24, 2.45) is 0 Å². The zero-order chi connectivity index (χ0) is 22.6. The summed E-state index contributed by atoms with van der Waals surface area (Å²) >= 11 is 5.82. The van der Waals surface area contributed by atoms with Gasteiger partial charge in [0.05, 0.1) is 47.8 Å². The number of nitrogens with zero attached hydrogens (tertiary/aromatic N) is 5. The molecule has 0 bridgehead atoms. The monoisotopic (exact) mass is 460 g/mol. The second-order valence-electron chi connectivity index (χ2n) is 8.41. The zero-order valence-electron chi connectivity index (χ0n) is 17.4. The molecule has 3 aliphatic rings. The van der Waals surface area contributed by atoms with E-state index in [1.165, 1.54) is 18.2 Å². The first-order chi connectivity index (χ1) is 15.3. The Labute approximate surface area is 188 Å². The van der Waals surface area contributed by atoms with Crippen LogP contribution in [0.1, 0.15) is 25.5 Å². The van der Waals surface area contributed by atoms with Crippen molar-refractivity contribution in [2.45, 2.75) is 44.9 Å². The minimum Gasteiger partial charge on any atom is -0.329 e. The maximum Gasteiger partial charge on any atom is 0.322 e. The molecule has 1 aromatic carbocycles. The Balaban J connectivity index is 1.36. The molecule has 5 rings (SSSR count). The van der Waals surface area contributed by atoms with Crippen LogP contribution in [0.2, 0.25) is 5.02 Å². The molecule has 2 atom stereocenters. The highest BCUT2D eigenvalue weighted by molar-refractivity contribution is 6.31. The van der Waals surface area contributed by atoms with Gasteiger partial charge in [0.2, 0.25) is 11.8 Å². The van der Waals surface area contributed by atoms with Crippen LogP contribution >= 0.6 is 11.6 Å². The molecule has 9 nitrogen and oxygen atoms in total. The third kappa shape index (κ3) is 3.48. The van der Waals surface area contributed by atoms with Crippen LogP contribution in [0, 0.1) is 5.82 Å². The molecule has 4 heterocycles. The molecule has 3 aliphatic heterocycles. The molecule has 2 aromatic rings. The zero-order valence-corrected chi connectivity index (χ0v) is 18.2. The fourth-order valence-electron chi connectivity index (χ4n) is 4.63. The van der Waals surface area contributed by atoms with E-state index >= 15 is 0 Å². The SMILES string of the molecule is C[C@H]1Cn2ncc(N3CC4CCC(=O)N4CC3=O)c2CN1C(=O)Nc1ccc(F)c(Cl)c1. The van der Waals surface area contributed by atoms with E-state index in [0.29, 0.717) is 30.9 Å². The van der Waals surface area contributed by atoms with Gasteiger partial charge in [-0.1, -0.05) is 11.6 Å². The third-order valence-corrected chi connectivity index (χ3v) is 6.68. The van der Waals surface area contributed by atoms with E-state index in [2.05, 4.69) is 10.4 Å². The van der Waals surface area contributed by atoms with Gasteiger partial charge < -0.3 is 20.0 Å². The number of nitrogens with one attached hydrogen (secondary N) is 1. The Kier molecular flexibility index (Phi) is 5.04. The van der Waals surface area contributed by atoms with E-state index in [9.17, 15) is 18.8 Å². The molecule has 168 valence electrons. The minimum atomic E-state index is -0.557. The number of rotatable bonds is 2. The van der Waals surface area contributed by atoms with Crippen molar-refractivity contribution in [3.63, 3.8) is 0 Å². The summed E-state index contributed by atoms with van der Waals surface area (Å²) in [6.07, 6.45) is 2.86. The normalized spacial score (nSPS) is 22.8. The van der Waals surface area contributed by atoms with E-state index in [1.807, 2.05) is 11.6 Å². The van der Waals surface area contributed by atoms with Crippen molar-refractivity contribution in [1.29, 1.82) is 0 Å². The van der Waals surface area contributed by atoms with Gasteiger partial charge in [0.25, 0.3) is 0 Å². The molecule has 2 fully saturated rings. The molecule has 1 unspecified atom stereocenters. The van der Waals surface area contributed by atoms with Crippen molar-refractivity contribution >= 4 is 40.8 Å². The lowest BCUT2D eigenvalue weighted by molar-refractivity contribution is -0.135. The number of urea groups is 1. The predicted molar refractivity (Wildman–Crippen MR) is 115 cm³/mol. The number of hydrogen-bond donors (Lipinski definition) is 1. The number of carbonyl (C=O) groups is 3. The molecule has 0 aliphatic carbocycles. The molecule has 1 aromatic heterocycles. The Bertz CT molecular complexity index is 1120. The summed E-state index contributed by atoms with van der Waals surface area (Å²) in [5, 5.41) is 7.13. The van der Waals surface area contributed by atoms with Gasteiger partial charge in [0.1, 0.15) is 12.4 Å². The minimum absolute atomic E-state index is 0.0147. The highest BCUT2D eigenvalue weighted by Crippen LogP contribution is 2.32. The van der Waals surface area contributed by atoms with Crippen LogP contribution in [0.3, 0.4) is 0 Å². The van der Waals surface area contributed by atoms with Crippen molar-refractivity contribution in [3.05, 3.63) is 40.9 Å². The fourth-order valence-corrected chi connectivity index (χ4v) is 4.81. The first kappa shape index (κ1) is 20.7. The number of benzene rings is 1. The summed E-state index contributed by atoms with van der Waals surface area (Å²) < 4.78 is 15.2. The van der Waals surface area contributed by atoms with Gasteiger partial charge in [0, 0.05) is 18.7 Å². The first-order valence-corrected chi connectivity index (χ1v) is 10.9. The molecule has 0 spiro atoms. The summed E-state index contributed by atoms with van der Waals surface area (Å²) in [7, 11) is 0. The Hall–Kier alpha value is -3.14. The third-order valence-electron chi connectivity index (χ3n) is 6.39. The molecule has 4 amide bonds. The number of halogens is 2. The molecular formula is C21H22ClFN6O3. The van der Waals surface area contributed by atoms with Crippen molar-refractivity contribution < 1.29 is 18.8 Å². The quantitative estimate of drug-likeness (QED) is 0.745. The smallest absolute Gasteiger partial charge is 0.322 e. The summed E-state index contributed by atoms with van der Waals surface area (Å²) in [5.41, 5.74) is 1.83. The maximum atomic E-state index is 13.4. The topological polar surface area (TPSA) is 90.8 Å². The molecule has 32 heavy (non-hydrogen) atoms. The number of amides is 4. The fraction of sp³-hybridized carbons (Fsp3) is 0.429. The van der Waals surface area contributed by atoms with Crippen LogP contribution in [0.15, 0.2) is 24.4 Å². The van der Waals surface area contributed by atoms with Gasteiger partial charge in [-0.25, -0.2) is 9.18 Å². The molecule has 0 radical (unpaired) electrons. The lowest BCUT2D eigenvalue weighted by Crippen LogP contribution is -2.55. The summed E-state index contributed by atoms with van der Waals surface area (Å²) in [6, 6.07) is 3.53. The van der Waals surface area contributed by atoms with Gasteiger partial charge in [-0.05, 0) is 31.5 Å². The first-order valence-electron chi connectivity index (χ1n) is 10.5. The van der Waals surface area contributed by atoms with Gasteiger partial charge in [0.15, 0.2) is 0 Å². The molecule has 2 saturated heterocycles. The summed E-state index contributed by atoms with van der Waals surface area (Å²) in [6.45, 7) is 3.14. The second kappa shape index (κ2) is 7.77. The molecule has 1 N–H and O–H groups in total. The molecule has 11 heteroatoms.